The van der Waals surface area contributed by atoms with E-state index in [4.69, 9.17) is 0 Å². The van der Waals surface area contributed by atoms with Crippen LogP contribution in [0.5, 0.6) is 0 Å². The minimum absolute atomic E-state index is 0.699. The zero-order chi connectivity index (χ0) is 13.4. The number of aryl methyl sites for hydroxylation is 3. The molecule has 5 heteroatoms. The molecule has 3 rings (SSSR count). The van der Waals surface area contributed by atoms with Crippen molar-refractivity contribution in [3.05, 3.63) is 29.2 Å². The predicted molar refractivity (Wildman–Crippen MR) is 75.1 cm³/mol. The second kappa shape index (κ2) is 4.72. The molecule has 1 N–H and O–H groups in total. The Morgan fingerprint density at radius 2 is 2.21 bits per heavy atom. The lowest BCUT2D eigenvalue weighted by molar-refractivity contribution is 0.625. The molecule has 0 unspecified atom stereocenters. The minimum atomic E-state index is 0.699. The lowest BCUT2D eigenvalue weighted by atomic mass is 10.2. The molecule has 2 aromatic heterocycles. The van der Waals surface area contributed by atoms with Crippen molar-refractivity contribution in [2.75, 3.05) is 5.32 Å². The molecular weight excluding hydrogens is 238 g/mol. The van der Waals surface area contributed by atoms with E-state index in [2.05, 4.69) is 35.4 Å². The Bertz CT molecular complexity index is 577. The summed E-state index contributed by atoms with van der Waals surface area (Å²) in [5, 5.41) is 12.4. The molecular formula is C14H21N5. The largest absolute Gasteiger partial charge is 0.365 e. The Balaban J connectivity index is 1.73. The van der Waals surface area contributed by atoms with Crippen molar-refractivity contribution in [3.63, 3.8) is 0 Å². The highest BCUT2D eigenvalue weighted by Gasteiger charge is 2.26. The van der Waals surface area contributed by atoms with Crippen molar-refractivity contribution >= 4 is 5.82 Å². The van der Waals surface area contributed by atoms with Gasteiger partial charge in [0, 0.05) is 25.6 Å². The van der Waals surface area contributed by atoms with E-state index in [1.54, 1.807) is 0 Å². The van der Waals surface area contributed by atoms with Gasteiger partial charge in [-0.2, -0.15) is 10.2 Å². The van der Waals surface area contributed by atoms with Gasteiger partial charge in [0.2, 0.25) is 0 Å². The van der Waals surface area contributed by atoms with Crippen LogP contribution in [0.4, 0.5) is 5.82 Å². The Morgan fingerprint density at radius 1 is 1.42 bits per heavy atom. The molecule has 2 aromatic rings. The van der Waals surface area contributed by atoms with E-state index in [0.29, 0.717) is 5.92 Å². The quantitative estimate of drug-likeness (QED) is 0.897. The fourth-order valence-electron chi connectivity index (χ4n) is 2.42. The fraction of sp³-hybridized carbons (Fsp3) is 0.571. The second-order valence-electron chi connectivity index (χ2n) is 5.30. The summed E-state index contributed by atoms with van der Waals surface area (Å²) < 4.78 is 3.98. The van der Waals surface area contributed by atoms with E-state index in [0.717, 1.165) is 18.9 Å². The van der Waals surface area contributed by atoms with Crippen LogP contribution in [0.2, 0.25) is 0 Å². The van der Waals surface area contributed by atoms with E-state index >= 15 is 0 Å². The molecule has 0 saturated heterocycles. The fourth-order valence-corrected chi connectivity index (χ4v) is 2.42. The maximum Gasteiger partial charge on any atom is 0.124 e. The first-order chi connectivity index (χ1) is 9.19. The molecule has 0 radical (unpaired) electrons. The topological polar surface area (TPSA) is 47.7 Å². The summed E-state index contributed by atoms with van der Waals surface area (Å²) in [6.07, 6.45) is 4.51. The lowest BCUT2D eigenvalue weighted by Gasteiger charge is -2.09. The molecule has 1 fully saturated rings. The summed E-state index contributed by atoms with van der Waals surface area (Å²) >= 11 is 0. The molecule has 0 bridgehead atoms. The van der Waals surface area contributed by atoms with Gasteiger partial charge in [0.25, 0.3) is 0 Å². The first-order valence-corrected chi connectivity index (χ1v) is 6.98. The van der Waals surface area contributed by atoms with Gasteiger partial charge in [-0.15, -0.1) is 0 Å². The van der Waals surface area contributed by atoms with Crippen LogP contribution in [-0.4, -0.2) is 19.6 Å². The van der Waals surface area contributed by atoms with Crippen LogP contribution in [0.15, 0.2) is 12.3 Å². The Labute approximate surface area is 113 Å². The summed E-state index contributed by atoms with van der Waals surface area (Å²) in [4.78, 5) is 0. The highest BCUT2D eigenvalue weighted by Crippen LogP contribution is 2.39. The van der Waals surface area contributed by atoms with Gasteiger partial charge in [-0.1, -0.05) is 0 Å². The molecule has 1 saturated carbocycles. The molecule has 1 aliphatic rings. The average Bonchev–Trinajstić information content (AvgIpc) is 3.10. The Morgan fingerprint density at radius 3 is 2.89 bits per heavy atom. The van der Waals surface area contributed by atoms with Gasteiger partial charge >= 0.3 is 0 Å². The second-order valence-corrected chi connectivity index (χ2v) is 5.30. The third-order valence-corrected chi connectivity index (χ3v) is 3.79. The van der Waals surface area contributed by atoms with Gasteiger partial charge in [0.05, 0.1) is 24.1 Å². The molecule has 0 spiro atoms. The van der Waals surface area contributed by atoms with Gasteiger partial charge < -0.3 is 5.32 Å². The molecule has 2 heterocycles. The van der Waals surface area contributed by atoms with E-state index in [9.17, 15) is 0 Å². The summed E-state index contributed by atoms with van der Waals surface area (Å²) in [7, 11) is 2.00. The van der Waals surface area contributed by atoms with Crippen LogP contribution in [0.3, 0.4) is 0 Å². The molecule has 0 amide bonds. The van der Waals surface area contributed by atoms with Crippen molar-refractivity contribution in [2.45, 2.75) is 45.7 Å². The molecule has 0 aliphatic heterocycles. The zero-order valence-electron chi connectivity index (χ0n) is 11.8. The van der Waals surface area contributed by atoms with Crippen LogP contribution in [-0.2, 0) is 20.1 Å². The van der Waals surface area contributed by atoms with Crippen LogP contribution < -0.4 is 5.32 Å². The number of nitrogens with zero attached hydrogens (tertiary/aromatic N) is 4. The number of nitrogens with one attached hydrogen (secondary N) is 1. The van der Waals surface area contributed by atoms with Crippen molar-refractivity contribution in [3.8, 4) is 0 Å². The van der Waals surface area contributed by atoms with E-state index in [1.807, 2.05) is 22.6 Å². The van der Waals surface area contributed by atoms with E-state index < -0.39 is 0 Å². The van der Waals surface area contributed by atoms with Crippen molar-refractivity contribution < 1.29 is 0 Å². The SMILES string of the molecule is CCn1ncc(C)c1CNc1cc(C2CC2)nn1C. The van der Waals surface area contributed by atoms with E-state index in [-0.39, 0.29) is 0 Å². The highest BCUT2D eigenvalue weighted by atomic mass is 15.3. The first kappa shape index (κ1) is 12.3. The normalized spacial score (nSPS) is 14.9. The number of hydrogen-bond acceptors (Lipinski definition) is 3. The molecule has 0 aromatic carbocycles. The molecule has 5 nitrogen and oxygen atoms in total. The van der Waals surface area contributed by atoms with Crippen molar-refractivity contribution in [1.29, 1.82) is 0 Å². The Kier molecular flexibility index (Phi) is 3.05. The lowest BCUT2D eigenvalue weighted by Crippen LogP contribution is -2.10. The summed E-state index contributed by atoms with van der Waals surface area (Å²) in [6, 6.07) is 2.18. The van der Waals surface area contributed by atoms with Crippen LogP contribution in [0, 0.1) is 6.92 Å². The zero-order valence-corrected chi connectivity index (χ0v) is 11.8. The number of aromatic nitrogens is 4. The number of hydrogen-bond donors (Lipinski definition) is 1. The number of rotatable bonds is 5. The maximum absolute atomic E-state index is 4.57. The summed E-state index contributed by atoms with van der Waals surface area (Å²) in [5.74, 6) is 1.79. The van der Waals surface area contributed by atoms with Gasteiger partial charge in [-0.3, -0.25) is 9.36 Å². The molecule has 1 aliphatic carbocycles. The van der Waals surface area contributed by atoms with Gasteiger partial charge in [0.15, 0.2) is 0 Å². The molecule has 102 valence electrons. The monoisotopic (exact) mass is 259 g/mol. The molecule has 19 heavy (non-hydrogen) atoms. The van der Waals surface area contributed by atoms with Crippen molar-refractivity contribution in [1.82, 2.24) is 19.6 Å². The predicted octanol–water partition coefficient (Wildman–Crippen LogP) is 2.43. The average molecular weight is 259 g/mol. The van der Waals surface area contributed by atoms with Crippen molar-refractivity contribution in [2.24, 2.45) is 7.05 Å². The van der Waals surface area contributed by atoms with Crippen LogP contribution in [0.25, 0.3) is 0 Å². The number of anilines is 1. The summed E-state index contributed by atoms with van der Waals surface area (Å²) in [6.45, 7) is 5.92. The van der Waals surface area contributed by atoms with Gasteiger partial charge in [-0.05, 0) is 32.3 Å². The smallest absolute Gasteiger partial charge is 0.124 e. The highest BCUT2D eigenvalue weighted by molar-refractivity contribution is 5.40. The first-order valence-electron chi connectivity index (χ1n) is 6.98. The standard InChI is InChI=1S/C14H21N5/c1-4-19-13(10(2)8-16-19)9-15-14-7-12(11-5-6-11)17-18(14)3/h7-8,11,15H,4-6,9H2,1-3H3. The molecule has 0 atom stereocenters. The van der Waals surface area contributed by atoms with Gasteiger partial charge in [0.1, 0.15) is 5.82 Å². The van der Waals surface area contributed by atoms with Gasteiger partial charge in [-0.25, -0.2) is 0 Å². The maximum atomic E-state index is 4.57. The Hall–Kier alpha value is -1.78. The van der Waals surface area contributed by atoms with E-state index in [1.165, 1.54) is 29.8 Å². The summed E-state index contributed by atoms with van der Waals surface area (Å²) in [5.41, 5.74) is 3.71. The van der Waals surface area contributed by atoms with Crippen LogP contribution in [0.1, 0.15) is 42.6 Å². The van der Waals surface area contributed by atoms with Crippen LogP contribution >= 0.6 is 0 Å². The third-order valence-electron chi connectivity index (χ3n) is 3.79. The third kappa shape index (κ3) is 2.37. The minimum Gasteiger partial charge on any atom is -0.365 e.